The summed E-state index contributed by atoms with van der Waals surface area (Å²) in [4.78, 5) is 26.7. The highest BCUT2D eigenvalue weighted by Crippen LogP contribution is 2.65. The number of piperazine rings is 1. The number of carbonyl (C=O) groups is 1. The van der Waals surface area contributed by atoms with Gasteiger partial charge in [-0.15, -0.1) is 0 Å². The van der Waals surface area contributed by atoms with E-state index in [0.717, 1.165) is 109 Å². The van der Waals surface area contributed by atoms with Crippen LogP contribution in [-0.4, -0.2) is 153 Å². The molecule has 14 nitrogen and oxygen atoms in total. The van der Waals surface area contributed by atoms with Crippen molar-refractivity contribution in [2.75, 3.05) is 70.9 Å². The molecule has 6 aliphatic rings. The highest BCUT2D eigenvalue weighted by Gasteiger charge is 2.61. The van der Waals surface area contributed by atoms with Gasteiger partial charge >= 0.3 is 6.18 Å². The molecule has 3 aromatic rings. The number of rotatable bonds is 13. The average Bonchev–Trinajstić information content (AvgIpc) is 3.58. The number of carbonyl (C=O) groups excluding carboxylic acids is 1. The van der Waals surface area contributed by atoms with Crippen LogP contribution >= 0.6 is 0 Å². The molecule has 4 heterocycles. The SMILES string of the molecule is C[C@]12CC[C@@H]3c4ccc(O)cc4CC[C@H]3[C@@H]1CC[C@@]2(O)CCNC1CCN(C(=O)COc2ccc(CN3CCN(C[C@H]4OC[C@H](Nc5cncc(C(F)(F)F)n5)[C@@H](O)[C@H]4O)CC3)cc2)CC1. The zero-order valence-electron chi connectivity index (χ0n) is 37.8. The smallest absolute Gasteiger partial charge is 0.434 e. The van der Waals surface area contributed by atoms with Crippen LogP contribution in [0.4, 0.5) is 19.0 Å². The van der Waals surface area contributed by atoms with E-state index in [1.54, 1.807) is 0 Å². The number of ether oxygens (including phenoxy) is 2. The van der Waals surface area contributed by atoms with Gasteiger partial charge in [-0.1, -0.05) is 25.1 Å². The Kier molecular flexibility index (Phi) is 13.9. The molecule has 17 heteroatoms. The molecule has 3 saturated heterocycles. The molecule has 1 aromatic heterocycles. The maximum atomic E-state index is 13.1. The number of nitrogens with one attached hydrogen (secondary N) is 2. The van der Waals surface area contributed by atoms with E-state index >= 15 is 0 Å². The highest BCUT2D eigenvalue weighted by atomic mass is 19.4. The molecule has 0 radical (unpaired) electrons. The molecular formula is C49H66F3N7O7. The van der Waals surface area contributed by atoms with Crippen molar-refractivity contribution in [3.63, 3.8) is 0 Å². The fraction of sp³-hybridized carbons (Fsp3) is 0.653. The number of likely N-dealkylation sites (tertiary alicyclic amines) is 1. The first-order valence-corrected chi connectivity index (χ1v) is 24.0. The highest BCUT2D eigenvalue weighted by molar-refractivity contribution is 5.77. The number of halogens is 3. The van der Waals surface area contributed by atoms with Gasteiger partial charge in [0.1, 0.15) is 29.5 Å². The third kappa shape index (κ3) is 10.0. The van der Waals surface area contributed by atoms with Crippen molar-refractivity contribution < 1.29 is 47.9 Å². The third-order valence-corrected chi connectivity index (χ3v) is 16.3. The Labute approximate surface area is 384 Å². The van der Waals surface area contributed by atoms with Crippen molar-refractivity contribution in [1.82, 2.24) is 30.0 Å². The number of anilines is 1. The number of piperidine rings is 1. The molecule has 360 valence electrons. The number of benzene rings is 2. The Balaban J connectivity index is 0.647. The van der Waals surface area contributed by atoms with Crippen LogP contribution in [0.2, 0.25) is 0 Å². The van der Waals surface area contributed by atoms with Crippen LogP contribution in [0.1, 0.15) is 86.6 Å². The average molecular weight is 922 g/mol. The zero-order chi connectivity index (χ0) is 46.2. The third-order valence-electron chi connectivity index (χ3n) is 16.3. The van der Waals surface area contributed by atoms with Gasteiger partial charge in [0.15, 0.2) is 12.3 Å². The molecule has 6 N–H and O–H groups in total. The van der Waals surface area contributed by atoms with Crippen molar-refractivity contribution in [3.8, 4) is 11.5 Å². The van der Waals surface area contributed by atoms with Crippen molar-refractivity contribution in [2.45, 2.75) is 119 Å². The van der Waals surface area contributed by atoms with Gasteiger partial charge in [-0.3, -0.25) is 19.6 Å². The number of amides is 1. The summed E-state index contributed by atoms with van der Waals surface area (Å²) in [5, 5.41) is 50.3. The maximum Gasteiger partial charge on any atom is 0.434 e. The molecule has 1 amide bonds. The Morgan fingerprint density at radius 1 is 0.939 bits per heavy atom. The number of hydrogen-bond donors (Lipinski definition) is 6. The Bertz CT molecular complexity index is 2140. The number of aromatic hydroxyl groups is 1. The van der Waals surface area contributed by atoms with E-state index in [1.165, 1.54) is 11.1 Å². The molecule has 9 rings (SSSR count). The Morgan fingerprint density at radius 2 is 1.70 bits per heavy atom. The quantitative estimate of drug-likeness (QED) is 0.141. The number of hydrogen-bond acceptors (Lipinski definition) is 13. The molecule has 5 fully saturated rings. The fourth-order valence-electron chi connectivity index (χ4n) is 12.4. The molecule has 2 aromatic carbocycles. The number of aliphatic hydroxyl groups is 3. The van der Waals surface area contributed by atoms with E-state index in [1.807, 2.05) is 41.3 Å². The van der Waals surface area contributed by atoms with Gasteiger partial charge in [0.25, 0.3) is 5.91 Å². The van der Waals surface area contributed by atoms with Crippen molar-refractivity contribution >= 4 is 11.7 Å². The number of phenols is 1. The zero-order valence-corrected chi connectivity index (χ0v) is 37.8. The van der Waals surface area contributed by atoms with Gasteiger partial charge in [0, 0.05) is 58.4 Å². The van der Waals surface area contributed by atoms with Crippen LogP contribution in [0.15, 0.2) is 54.9 Å². The van der Waals surface area contributed by atoms with Crippen molar-refractivity contribution in [3.05, 3.63) is 77.2 Å². The van der Waals surface area contributed by atoms with Gasteiger partial charge in [-0.2, -0.15) is 13.2 Å². The first-order valence-electron chi connectivity index (χ1n) is 24.0. The van der Waals surface area contributed by atoms with Crippen LogP contribution < -0.4 is 15.4 Å². The van der Waals surface area contributed by atoms with E-state index in [0.29, 0.717) is 61.1 Å². The Morgan fingerprint density at radius 3 is 2.45 bits per heavy atom. The van der Waals surface area contributed by atoms with E-state index in [4.69, 9.17) is 9.47 Å². The number of fused-ring (bicyclic) bond motifs is 5. The number of aliphatic hydroxyl groups excluding tert-OH is 2. The lowest BCUT2D eigenvalue weighted by atomic mass is 9.53. The molecule has 9 atom stereocenters. The largest absolute Gasteiger partial charge is 0.508 e. The topological polar surface area (TPSA) is 176 Å². The van der Waals surface area contributed by atoms with Gasteiger partial charge in [0.05, 0.1) is 36.7 Å². The molecule has 0 bridgehead atoms. The lowest BCUT2D eigenvalue weighted by Crippen LogP contribution is -2.59. The second-order valence-electron chi connectivity index (χ2n) is 20.1. The molecule has 0 spiro atoms. The Hall–Kier alpha value is -4.10. The van der Waals surface area contributed by atoms with Gasteiger partial charge in [-0.25, -0.2) is 4.98 Å². The molecule has 3 aliphatic heterocycles. The summed E-state index contributed by atoms with van der Waals surface area (Å²) in [6.45, 7) is 8.62. The lowest BCUT2D eigenvalue weighted by Gasteiger charge is -2.53. The van der Waals surface area contributed by atoms with Gasteiger partial charge in [0.2, 0.25) is 0 Å². The second kappa shape index (κ2) is 19.5. The lowest BCUT2D eigenvalue weighted by molar-refractivity contribution is -0.148. The minimum atomic E-state index is -4.66. The van der Waals surface area contributed by atoms with Crippen LogP contribution in [0.5, 0.6) is 11.5 Å². The van der Waals surface area contributed by atoms with E-state index in [-0.39, 0.29) is 30.4 Å². The summed E-state index contributed by atoms with van der Waals surface area (Å²) < 4.78 is 51.0. The number of aromatic nitrogens is 2. The monoisotopic (exact) mass is 921 g/mol. The number of alkyl halides is 3. The first-order chi connectivity index (χ1) is 31.7. The normalized spacial score (nSPS) is 32.0. The van der Waals surface area contributed by atoms with E-state index in [9.17, 15) is 38.4 Å². The van der Waals surface area contributed by atoms with Crippen LogP contribution in [0.25, 0.3) is 0 Å². The maximum absolute atomic E-state index is 13.1. The number of nitrogens with zero attached hydrogens (tertiary/aromatic N) is 5. The predicted octanol–water partition coefficient (Wildman–Crippen LogP) is 4.56. The minimum absolute atomic E-state index is 0.0137. The van der Waals surface area contributed by atoms with Gasteiger partial charge in [-0.05, 0) is 128 Å². The summed E-state index contributed by atoms with van der Waals surface area (Å²) in [7, 11) is 0. The van der Waals surface area contributed by atoms with E-state index < -0.39 is 41.8 Å². The molecule has 2 saturated carbocycles. The fourth-order valence-corrected chi connectivity index (χ4v) is 12.4. The molecule has 66 heavy (non-hydrogen) atoms. The van der Waals surface area contributed by atoms with Crippen molar-refractivity contribution in [1.29, 1.82) is 0 Å². The van der Waals surface area contributed by atoms with Crippen LogP contribution in [0, 0.1) is 17.3 Å². The molecular weight excluding hydrogens is 856 g/mol. The van der Waals surface area contributed by atoms with Crippen molar-refractivity contribution in [2.24, 2.45) is 17.3 Å². The predicted molar refractivity (Wildman–Crippen MR) is 240 cm³/mol. The van der Waals surface area contributed by atoms with Crippen LogP contribution in [0.3, 0.4) is 0 Å². The number of aryl methyl sites for hydroxylation is 1. The molecule has 3 aliphatic carbocycles. The standard InChI is InChI=1S/C49H66F3N7O7/c1-47-14-10-37-36-9-5-34(60)24-32(36)4-8-38(37)39(47)11-15-48(47,64)16-17-54-33-12-18-59(19-13-33)44(61)30-65-35-6-2-31(3-7-35)27-57-20-22-58(23-21-57)28-41-46(63)45(62)40(29-66-41)55-43-26-53-25-42(56-43)49(50,51)52/h2-3,5-7,9,24-26,33,37-41,45-46,54,60,62-64H,4,8,10-23,27-30H2,1H3,(H,55,56)/t37-,38-,39+,40+,41-,45-,46+,47+,48-/m1/s1. The first kappa shape index (κ1) is 47.0. The second-order valence-corrected chi connectivity index (χ2v) is 20.1. The van der Waals surface area contributed by atoms with E-state index in [2.05, 4.69) is 43.4 Å². The summed E-state index contributed by atoms with van der Waals surface area (Å²) >= 11 is 0. The summed E-state index contributed by atoms with van der Waals surface area (Å²) in [6, 6.07) is 13.2. The van der Waals surface area contributed by atoms with Gasteiger partial charge < -0.3 is 45.4 Å². The molecule has 0 unspecified atom stereocenters. The summed E-state index contributed by atoms with van der Waals surface area (Å²) in [6.07, 6.45) is 2.60. The summed E-state index contributed by atoms with van der Waals surface area (Å²) in [5.74, 6) is 2.45. The minimum Gasteiger partial charge on any atom is -0.508 e. The number of phenolic OH excluding ortho intramolecular Hbond substituents is 1. The summed E-state index contributed by atoms with van der Waals surface area (Å²) in [5.41, 5.74) is 1.93. The van der Waals surface area contributed by atoms with Crippen LogP contribution in [-0.2, 0) is 28.7 Å².